The molecular formula is C15H19N5OS. The van der Waals surface area contributed by atoms with Crippen molar-refractivity contribution in [2.45, 2.75) is 26.0 Å². The number of ether oxygens (including phenoxy) is 1. The van der Waals surface area contributed by atoms with E-state index in [1.54, 1.807) is 23.0 Å². The molecule has 0 aliphatic rings. The predicted octanol–water partition coefficient (Wildman–Crippen LogP) is 2.40. The molecule has 0 N–H and O–H groups in total. The lowest BCUT2D eigenvalue weighted by atomic mass is 10.1. The Kier molecular flexibility index (Phi) is 4.35. The summed E-state index contributed by atoms with van der Waals surface area (Å²) in [5, 5.41) is 8.59. The fourth-order valence-electron chi connectivity index (χ4n) is 2.43. The van der Waals surface area contributed by atoms with Gasteiger partial charge in [-0.2, -0.15) is 25.9 Å². The summed E-state index contributed by atoms with van der Waals surface area (Å²) in [4.78, 5) is 10.9. The zero-order chi connectivity index (χ0) is 15.5. The number of methoxy groups -OCH3 is 1. The standard InChI is InChI=1S/C15H19N5OS/c1-11(6-12-4-5-22-9-12)19(2)14-7-13(8-21-3)18-15-16-10-17-20(14)15/h4-5,7,9-11H,6,8H2,1-3H3. The molecule has 0 saturated heterocycles. The number of anilines is 1. The van der Waals surface area contributed by atoms with Crippen LogP contribution in [0.15, 0.2) is 29.2 Å². The SMILES string of the molecule is COCc1cc(N(C)C(C)Cc2ccsc2)n2ncnc2n1. The molecule has 0 radical (unpaired) electrons. The van der Waals surface area contributed by atoms with Crippen molar-refractivity contribution in [3.8, 4) is 0 Å². The van der Waals surface area contributed by atoms with E-state index in [-0.39, 0.29) is 0 Å². The third-order valence-corrected chi connectivity index (χ3v) is 4.44. The van der Waals surface area contributed by atoms with Gasteiger partial charge in [0.1, 0.15) is 12.1 Å². The van der Waals surface area contributed by atoms with Crippen molar-refractivity contribution in [3.63, 3.8) is 0 Å². The van der Waals surface area contributed by atoms with Crippen molar-refractivity contribution in [2.24, 2.45) is 0 Å². The minimum atomic E-state index is 0.333. The van der Waals surface area contributed by atoms with Crippen LogP contribution >= 0.6 is 11.3 Å². The van der Waals surface area contributed by atoms with Crippen LogP contribution in [0.5, 0.6) is 0 Å². The smallest absolute Gasteiger partial charge is 0.254 e. The highest BCUT2D eigenvalue weighted by atomic mass is 32.1. The van der Waals surface area contributed by atoms with E-state index in [0.29, 0.717) is 18.4 Å². The molecule has 22 heavy (non-hydrogen) atoms. The lowest BCUT2D eigenvalue weighted by Gasteiger charge is -2.27. The van der Waals surface area contributed by atoms with Gasteiger partial charge in [-0.25, -0.2) is 4.98 Å². The van der Waals surface area contributed by atoms with E-state index in [1.807, 2.05) is 6.07 Å². The van der Waals surface area contributed by atoms with Gasteiger partial charge in [-0.05, 0) is 35.7 Å². The van der Waals surface area contributed by atoms with Crippen molar-refractivity contribution in [2.75, 3.05) is 19.1 Å². The Morgan fingerprint density at radius 2 is 2.32 bits per heavy atom. The van der Waals surface area contributed by atoms with Gasteiger partial charge in [0.05, 0.1) is 12.3 Å². The van der Waals surface area contributed by atoms with Crippen molar-refractivity contribution >= 4 is 22.9 Å². The molecule has 0 saturated carbocycles. The Balaban J connectivity index is 1.91. The van der Waals surface area contributed by atoms with E-state index < -0.39 is 0 Å². The van der Waals surface area contributed by atoms with Gasteiger partial charge in [-0.1, -0.05) is 0 Å². The first-order chi connectivity index (χ1) is 10.7. The van der Waals surface area contributed by atoms with Crippen LogP contribution in [0.1, 0.15) is 18.2 Å². The first kappa shape index (κ1) is 14.9. The minimum absolute atomic E-state index is 0.333. The molecule has 1 unspecified atom stereocenters. The Hall–Kier alpha value is -1.99. The van der Waals surface area contributed by atoms with Crippen molar-refractivity contribution in [3.05, 3.63) is 40.5 Å². The molecule has 0 aliphatic carbocycles. The summed E-state index contributed by atoms with van der Waals surface area (Å²) in [6, 6.07) is 4.51. The normalized spacial score (nSPS) is 12.7. The molecule has 0 aliphatic heterocycles. The van der Waals surface area contributed by atoms with Gasteiger partial charge in [0, 0.05) is 26.3 Å². The lowest BCUT2D eigenvalue weighted by Crippen LogP contribution is -2.32. The van der Waals surface area contributed by atoms with Crippen molar-refractivity contribution < 1.29 is 4.74 Å². The van der Waals surface area contributed by atoms with E-state index in [1.165, 1.54) is 11.9 Å². The summed E-state index contributed by atoms with van der Waals surface area (Å²) in [5.74, 6) is 1.57. The average Bonchev–Trinajstić information content (AvgIpc) is 3.17. The fraction of sp³-hybridized carbons (Fsp3) is 0.400. The highest BCUT2D eigenvalue weighted by Gasteiger charge is 2.16. The van der Waals surface area contributed by atoms with Gasteiger partial charge in [-0.15, -0.1) is 0 Å². The summed E-state index contributed by atoms with van der Waals surface area (Å²) >= 11 is 1.73. The predicted molar refractivity (Wildman–Crippen MR) is 87.4 cm³/mol. The van der Waals surface area contributed by atoms with E-state index in [2.05, 4.69) is 50.8 Å². The molecule has 0 bridgehead atoms. The van der Waals surface area contributed by atoms with E-state index >= 15 is 0 Å². The second kappa shape index (κ2) is 6.41. The summed E-state index contributed by atoms with van der Waals surface area (Å²) in [6.07, 6.45) is 2.51. The number of thiophene rings is 1. The van der Waals surface area contributed by atoms with Crippen LogP contribution in [0.4, 0.5) is 5.82 Å². The van der Waals surface area contributed by atoms with E-state index in [0.717, 1.165) is 17.9 Å². The maximum Gasteiger partial charge on any atom is 0.254 e. The van der Waals surface area contributed by atoms with Gasteiger partial charge in [-0.3, -0.25) is 0 Å². The van der Waals surface area contributed by atoms with Gasteiger partial charge in [0.15, 0.2) is 0 Å². The Morgan fingerprint density at radius 1 is 1.45 bits per heavy atom. The molecule has 0 amide bonds. The molecule has 6 nitrogen and oxygen atoms in total. The molecule has 7 heteroatoms. The number of hydrogen-bond acceptors (Lipinski definition) is 6. The Morgan fingerprint density at radius 3 is 3.05 bits per heavy atom. The van der Waals surface area contributed by atoms with E-state index in [9.17, 15) is 0 Å². The summed E-state index contributed by atoms with van der Waals surface area (Å²) in [7, 11) is 3.74. The quantitative estimate of drug-likeness (QED) is 0.699. The second-order valence-electron chi connectivity index (χ2n) is 5.31. The monoisotopic (exact) mass is 317 g/mol. The molecule has 3 aromatic heterocycles. The van der Waals surface area contributed by atoms with Crippen LogP contribution in [0, 0.1) is 0 Å². The molecule has 0 aromatic carbocycles. The first-order valence-corrected chi connectivity index (χ1v) is 8.06. The maximum absolute atomic E-state index is 5.20. The highest BCUT2D eigenvalue weighted by Crippen LogP contribution is 2.20. The number of nitrogens with zero attached hydrogens (tertiary/aromatic N) is 5. The van der Waals surface area contributed by atoms with E-state index in [4.69, 9.17) is 4.74 Å². The van der Waals surface area contributed by atoms with Gasteiger partial charge in [0.25, 0.3) is 5.78 Å². The van der Waals surface area contributed by atoms with Gasteiger partial charge in [0.2, 0.25) is 0 Å². The van der Waals surface area contributed by atoms with Crippen LogP contribution in [0.3, 0.4) is 0 Å². The molecule has 3 heterocycles. The Labute approximate surface area is 133 Å². The number of likely N-dealkylation sites (N-methyl/N-ethyl adjacent to an activating group) is 1. The third-order valence-electron chi connectivity index (χ3n) is 3.71. The number of hydrogen-bond donors (Lipinski definition) is 0. The van der Waals surface area contributed by atoms with Crippen LogP contribution < -0.4 is 4.90 Å². The zero-order valence-electron chi connectivity index (χ0n) is 12.9. The second-order valence-corrected chi connectivity index (χ2v) is 6.09. The molecule has 0 spiro atoms. The number of fused-ring (bicyclic) bond motifs is 1. The number of rotatable bonds is 6. The van der Waals surface area contributed by atoms with Crippen LogP contribution in [-0.2, 0) is 17.8 Å². The maximum atomic E-state index is 5.20. The molecular weight excluding hydrogens is 298 g/mol. The van der Waals surface area contributed by atoms with Crippen LogP contribution in [0.25, 0.3) is 5.78 Å². The van der Waals surface area contributed by atoms with Crippen LogP contribution in [0.2, 0.25) is 0 Å². The van der Waals surface area contributed by atoms with Crippen molar-refractivity contribution in [1.82, 2.24) is 19.6 Å². The van der Waals surface area contributed by atoms with Crippen LogP contribution in [-0.4, -0.2) is 39.8 Å². The average molecular weight is 317 g/mol. The first-order valence-electron chi connectivity index (χ1n) is 7.11. The largest absolute Gasteiger partial charge is 0.378 e. The summed E-state index contributed by atoms with van der Waals surface area (Å²) < 4.78 is 6.96. The Bertz CT molecular complexity index is 740. The summed E-state index contributed by atoms with van der Waals surface area (Å²) in [5.41, 5.74) is 2.21. The topological polar surface area (TPSA) is 55.6 Å². The highest BCUT2D eigenvalue weighted by molar-refractivity contribution is 7.07. The molecule has 0 fully saturated rings. The lowest BCUT2D eigenvalue weighted by molar-refractivity contribution is 0.181. The summed E-state index contributed by atoms with van der Waals surface area (Å²) in [6.45, 7) is 2.67. The molecule has 3 rings (SSSR count). The number of aromatic nitrogens is 4. The zero-order valence-corrected chi connectivity index (χ0v) is 13.7. The molecule has 1 atom stereocenters. The molecule has 116 valence electrons. The van der Waals surface area contributed by atoms with Gasteiger partial charge >= 0.3 is 0 Å². The van der Waals surface area contributed by atoms with Gasteiger partial charge < -0.3 is 9.64 Å². The fourth-order valence-corrected chi connectivity index (χ4v) is 3.11. The minimum Gasteiger partial charge on any atom is -0.378 e. The molecule has 3 aromatic rings. The van der Waals surface area contributed by atoms with Crippen molar-refractivity contribution in [1.29, 1.82) is 0 Å². The third kappa shape index (κ3) is 2.95.